The number of hydrogen-bond acceptors (Lipinski definition) is 3. The minimum absolute atomic E-state index is 0.0610. The van der Waals surface area contributed by atoms with E-state index in [0.717, 1.165) is 25.9 Å². The van der Waals surface area contributed by atoms with Gasteiger partial charge >= 0.3 is 0 Å². The maximum atomic E-state index is 12.2. The van der Waals surface area contributed by atoms with Crippen molar-refractivity contribution in [3.05, 3.63) is 35.5 Å². The Hall–Kier alpha value is -1.85. The van der Waals surface area contributed by atoms with Gasteiger partial charge in [-0.15, -0.1) is 0 Å². The fourth-order valence-electron chi connectivity index (χ4n) is 3.34. The Kier molecular flexibility index (Phi) is 5.76. The van der Waals surface area contributed by atoms with E-state index in [-0.39, 0.29) is 12.0 Å². The lowest BCUT2D eigenvalue weighted by molar-refractivity contribution is -0.133. The van der Waals surface area contributed by atoms with Crippen LogP contribution in [-0.2, 0) is 27.7 Å². The lowest BCUT2D eigenvalue weighted by Crippen LogP contribution is -2.37. The van der Waals surface area contributed by atoms with Crippen LogP contribution >= 0.6 is 0 Å². The van der Waals surface area contributed by atoms with Gasteiger partial charge in [0.25, 0.3) is 0 Å². The predicted octanol–water partition coefficient (Wildman–Crippen LogP) is 2.73. The van der Waals surface area contributed by atoms with Crippen LogP contribution in [0.4, 0.5) is 0 Å². The van der Waals surface area contributed by atoms with E-state index >= 15 is 0 Å². The fraction of sp³-hybridized carbons (Fsp3) is 0.550. The fourth-order valence-corrected chi connectivity index (χ4v) is 3.34. The molecule has 3 rings (SSSR count). The molecule has 2 heterocycles. The molecule has 2 aromatic rings. The van der Waals surface area contributed by atoms with Gasteiger partial charge in [-0.05, 0) is 50.3 Å². The SMILES string of the molecule is Cc1ccc2c(CCNC(=O)C(C)OCC3CCCO3)cn(C)c2c1. The van der Waals surface area contributed by atoms with Gasteiger partial charge in [0.1, 0.15) is 6.10 Å². The van der Waals surface area contributed by atoms with Crippen LogP contribution in [0.1, 0.15) is 30.9 Å². The van der Waals surface area contributed by atoms with Crippen molar-refractivity contribution in [2.45, 2.75) is 45.3 Å². The van der Waals surface area contributed by atoms with Crippen LogP contribution < -0.4 is 5.32 Å². The molecule has 25 heavy (non-hydrogen) atoms. The molecule has 0 bridgehead atoms. The Labute approximate surface area is 149 Å². The Balaban J connectivity index is 1.48. The molecule has 0 radical (unpaired) electrons. The van der Waals surface area contributed by atoms with Crippen LogP contribution in [0.3, 0.4) is 0 Å². The van der Waals surface area contributed by atoms with Gasteiger partial charge in [0, 0.05) is 37.3 Å². The molecule has 0 saturated carbocycles. The van der Waals surface area contributed by atoms with Crippen molar-refractivity contribution in [1.29, 1.82) is 0 Å². The third-order valence-electron chi connectivity index (χ3n) is 4.85. The van der Waals surface area contributed by atoms with Crippen molar-refractivity contribution in [3.63, 3.8) is 0 Å². The normalized spacial score (nSPS) is 18.6. The van der Waals surface area contributed by atoms with Crippen LogP contribution in [-0.4, -0.2) is 42.4 Å². The summed E-state index contributed by atoms with van der Waals surface area (Å²) in [7, 11) is 2.06. The summed E-state index contributed by atoms with van der Waals surface area (Å²) in [6, 6.07) is 6.49. The number of amides is 1. The zero-order valence-corrected chi connectivity index (χ0v) is 15.4. The van der Waals surface area contributed by atoms with Gasteiger partial charge in [-0.3, -0.25) is 4.79 Å². The van der Waals surface area contributed by atoms with Gasteiger partial charge in [-0.2, -0.15) is 0 Å². The molecule has 136 valence electrons. The number of benzene rings is 1. The number of carbonyl (C=O) groups excluding carboxylic acids is 1. The Morgan fingerprint density at radius 2 is 2.32 bits per heavy atom. The minimum atomic E-state index is -0.445. The average molecular weight is 344 g/mol. The van der Waals surface area contributed by atoms with E-state index in [1.165, 1.54) is 22.0 Å². The molecule has 2 unspecified atom stereocenters. The quantitative estimate of drug-likeness (QED) is 0.840. The van der Waals surface area contributed by atoms with Crippen LogP contribution in [0, 0.1) is 6.92 Å². The van der Waals surface area contributed by atoms with Crippen molar-refractivity contribution in [2.24, 2.45) is 7.05 Å². The number of aryl methyl sites for hydroxylation is 2. The van der Waals surface area contributed by atoms with E-state index in [2.05, 4.69) is 48.3 Å². The summed E-state index contributed by atoms with van der Waals surface area (Å²) in [4.78, 5) is 12.2. The molecule has 5 heteroatoms. The van der Waals surface area contributed by atoms with E-state index in [4.69, 9.17) is 9.47 Å². The minimum Gasteiger partial charge on any atom is -0.376 e. The Bertz CT molecular complexity index is 732. The van der Waals surface area contributed by atoms with Gasteiger partial charge in [-0.25, -0.2) is 0 Å². The van der Waals surface area contributed by atoms with Gasteiger partial charge in [0.2, 0.25) is 5.91 Å². The standard InChI is InChI=1S/C20H28N2O3/c1-14-6-7-18-16(12-22(3)19(18)11-14)8-9-21-20(23)15(2)25-13-17-5-4-10-24-17/h6-7,11-12,15,17H,4-5,8-10,13H2,1-3H3,(H,21,23). The molecule has 1 aromatic carbocycles. The van der Waals surface area contributed by atoms with Crippen LogP contribution in [0.25, 0.3) is 10.9 Å². The first-order valence-electron chi connectivity index (χ1n) is 9.10. The second kappa shape index (κ2) is 8.02. The van der Waals surface area contributed by atoms with Crippen LogP contribution in [0.2, 0.25) is 0 Å². The lowest BCUT2D eigenvalue weighted by atomic mass is 10.1. The maximum Gasteiger partial charge on any atom is 0.248 e. The molecule has 1 amide bonds. The number of nitrogens with one attached hydrogen (secondary N) is 1. The predicted molar refractivity (Wildman–Crippen MR) is 98.8 cm³/mol. The number of nitrogens with zero attached hydrogens (tertiary/aromatic N) is 1. The van der Waals surface area contributed by atoms with Crippen molar-refractivity contribution in [1.82, 2.24) is 9.88 Å². The summed E-state index contributed by atoms with van der Waals surface area (Å²) in [5.41, 5.74) is 3.74. The second-order valence-electron chi connectivity index (χ2n) is 6.94. The van der Waals surface area contributed by atoms with Gasteiger partial charge < -0.3 is 19.4 Å². The summed E-state index contributed by atoms with van der Waals surface area (Å²) in [6.07, 6.45) is 4.76. The number of rotatable bonds is 7. The average Bonchev–Trinajstić information content (AvgIpc) is 3.21. The summed E-state index contributed by atoms with van der Waals surface area (Å²) < 4.78 is 13.3. The molecule has 5 nitrogen and oxygen atoms in total. The number of carbonyl (C=O) groups is 1. The molecule has 1 aromatic heterocycles. The van der Waals surface area contributed by atoms with E-state index in [9.17, 15) is 4.79 Å². The van der Waals surface area contributed by atoms with Crippen molar-refractivity contribution < 1.29 is 14.3 Å². The molecule has 1 aliphatic rings. The van der Waals surface area contributed by atoms with E-state index < -0.39 is 6.10 Å². The summed E-state index contributed by atoms with van der Waals surface area (Å²) >= 11 is 0. The zero-order valence-electron chi connectivity index (χ0n) is 15.4. The van der Waals surface area contributed by atoms with Gasteiger partial charge in [0.05, 0.1) is 12.7 Å². The second-order valence-corrected chi connectivity index (χ2v) is 6.94. The molecular formula is C20H28N2O3. The molecular weight excluding hydrogens is 316 g/mol. The third-order valence-corrected chi connectivity index (χ3v) is 4.85. The van der Waals surface area contributed by atoms with E-state index in [1.54, 1.807) is 6.92 Å². The monoisotopic (exact) mass is 344 g/mol. The molecule has 1 aliphatic heterocycles. The molecule has 0 spiro atoms. The number of fused-ring (bicyclic) bond motifs is 1. The van der Waals surface area contributed by atoms with E-state index in [0.29, 0.717) is 13.2 Å². The first kappa shape index (κ1) is 18.0. The highest BCUT2D eigenvalue weighted by molar-refractivity contribution is 5.85. The smallest absolute Gasteiger partial charge is 0.248 e. The van der Waals surface area contributed by atoms with Crippen molar-refractivity contribution in [2.75, 3.05) is 19.8 Å². The van der Waals surface area contributed by atoms with Gasteiger partial charge in [0.15, 0.2) is 0 Å². The largest absolute Gasteiger partial charge is 0.376 e. The van der Waals surface area contributed by atoms with Crippen LogP contribution in [0.5, 0.6) is 0 Å². The van der Waals surface area contributed by atoms with E-state index in [1.807, 2.05) is 0 Å². The highest BCUT2D eigenvalue weighted by Crippen LogP contribution is 2.22. The molecule has 1 N–H and O–H groups in total. The highest BCUT2D eigenvalue weighted by Gasteiger charge is 2.19. The van der Waals surface area contributed by atoms with Crippen molar-refractivity contribution >= 4 is 16.8 Å². The Morgan fingerprint density at radius 1 is 1.48 bits per heavy atom. The summed E-state index contributed by atoms with van der Waals surface area (Å²) in [5, 5.41) is 4.23. The van der Waals surface area contributed by atoms with Gasteiger partial charge in [-0.1, -0.05) is 12.1 Å². The molecule has 1 fully saturated rings. The molecule has 2 atom stereocenters. The number of hydrogen-bond donors (Lipinski definition) is 1. The number of aromatic nitrogens is 1. The first-order valence-corrected chi connectivity index (χ1v) is 9.10. The summed E-state index contributed by atoms with van der Waals surface area (Å²) in [6.45, 7) is 5.81. The highest BCUT2D eigenvalue weighted by atomic mass is 16.5. The topological polar surface area (TPSA) is 52.5 Å². The van der Waals surface area contributed by atoms with Crippen molar-refractivity contribution in [3.8, 4) is 0 Å². The molecule has 0 aliphatic carbocycles. The molecule has 1 saturated heterocycles. The number of ether oxygens (including phenoxy) is 2. The third kappa shape index (κ3) is 4.41. The first-order chi connectivity index (χ1) is 12.0. The maximum absolute atomic E-state index is 12.2. The summed E-state index contributed by atoms with van der Waals surface area (Å²) in [5.74, 6) is -0.0610. The Morgan fingerprint density at radius 3 is 3.08 bits per heavy atom. The zero-order chi connectivity index (χ0) is 17.8. The van der Waals surface area contributed by atoms with Crippen LogP contribution in [0.15, 0.2) is 24.4 Å². The lowest BCUT2D eigenvalue weighted by Gasteiger charge is -2.16.